The average molecular weight is 261 g/mol. The molecule has 0 aliphatic heterocycles. The second-order valence-electron chi connectivity index (χ2n) is 3.93. The Balaban J connectivity index is 2.29. The first-order valence-electron chi connectivity index (χ1n) is 5.81. The number of aromatic nitrogens is 2. The van der Waals surface area contributed by atoms with Crippen LogP contribution in [0.25, 0.3) is 0 Å². The van der Waals surface area contributed by atoms with E-state index in [1.807, 2.05) is 24.3 Å². The molecule has 0 unspecified atom stereocenters. The molecule has 94 valence electrons. The van der Waals surface area contributed by atoms with Gasteiger partial charge in [0.05, 0.1) is 0 Å². The van der Waals surface area contributed by atoms with E-state index in [9.17, 15) is 4.79 Å². The monoisotopic (exact) mass is 261 g/mol. The number of aryl methyl sites for hydroxylation is 1. The summed E-state index contributed by atoms with van der Waals surface area (Å²) in [6.45, 7) is 2.06. The van der Waals surface area contributed by atoms with Crippen LogP contribution in [0.1, 0.15) is 19.0 Å². The highest BCUT2D eigenvalue weighted by molar-refractivity contribution is 7.99. The molecule has 0 saturated heterocycles. The lowest BCUT2D eigenvalue weighted by Crippen LogP contribution is -2.09. The molecule has 0 amide bonds. The van der Waals surface area contributed by atoms with E-state index in [0.29, 0.717) is 10.8 Å². The molecule has 0 fully saturated rings. The van der Waals surface area contributed by atoms with Gasteiger partial charge in [-0.25, -0.2) is 4.98 Å². The number of rotatable bonds is 4. The first-order chi connectivity index (χ1) is 8.69. The smallest absolute Gasteiger partial charge is 0.251 e. The number of H-pyrrole nitrogens is 1. The van der Waals surface area contributed by atoms with Gasteiger partial charge >= 0.3 is 0 Å². The highest BCUT2D eigenvalue weighted by atomic mass is 32.2. The van der Waals surface area contributed by atoms with Crippen LogP contribution in [-0.2, 0) is 6.42 Å². The molecular formula is C13H15N3OS. The molecule has 4 nitrogen and oxygen atoms in total. The van der Waals surface area contributed by atoms with Gasteiger partial charge in [0.15, 0.2) is 5.16 Å². The highest BCUT2D eigenvalue weighted by Gasteiger charge is 2.05. The summed E-state index contributed by atoms with van der Waals surface area (Å²) in [6, 6.07) is 9.07. The zero-order chi connectivity index (χ0) is 13.0. The van der Waals surface area contributed by atoms with Crippen molar-refractivity contribution in [1.29, 1.82) is 0 Å². The Morgan fingerprint density at radius 3 is 2.89 bits per heavy atom. The van der Waals surface area contributed by atoms with E-state index in [0.717, 1.165) is 23.4 Å². The van der Waals surface area contributed by atoms with Gasteiger partial charge in [0, 0.05) is 22.3 Å². The third-order valence-electron chi connectivity index (χ3n) is 2.40. The Bertz CT molecular complexity index is 595. The minimum absolute atomic E-state index is 0.120. The molecule has 2 aromatic rings. The Morgan fingerprint density at radius 1 is 1.39 bits per heavy atom. The SMILES string of the molecule is CCCc1cc(=O)[nH]c(Sc2ccccc2N)n1. The van der Waals surface area contributed by atoms with Gasteiger partial charge in [-0.3, -0.25) is 4.79 Å². The molecule has 1 aromatic carbocycles. The number of nitrogens with one attached hydrogen (secondary N) is 1. The van der Waals surface area contributed by atoms with Crippen LogP contribution in [0, 0.1) is 0 Å². The number of benzene rings is 1. The second kappa shape index (κ2) is 5.73. The fraction of sp³-hybridized carbons (Fsp3) is 0.231. The number of nitrogen functional groups attached to an aromatic ring is 1. The van der Waals surface area contributed by atoms with E-state index in [-0.39, 0.29) is 5.56 Å². The van der Waals surface area contributed by atoms with Crippen molar-refractivity contribution < 1.29 is 0 Å². The molecule has 1 aromatic heterocycles. The Morgan fingerprint density at radius 2 is 2.17 bits per heavy atom. The summed E-state index contributed by atoms with van der Waals surface area (Å²) < 4.78 is 0. The molecule has 0 spiro atoms. The fourth-order valence-electron chi connectivity index (χ4n) is 1.59. The zero-order valence-corrected chi connectivity index (χ0v) is 11.0. The summed E-state index contributed by atoms with van der Waals surface area (Å²) in [5.41, 5.74) is 7.25. The van der Waals surface area contributed by atoms with Crippen LogP contribution in [0.2, 0.25) is 0 Å². The van der Waals surface area contributed by atoms with Crippen molar-refractivity contribution >= 4 is 17.4 Å². The molecule has 1 heterocycles. The predicted octanol–water partition coefficient (Wildman–Crippen LogP) is 2.46. The third kappa shape index (κ3) is 3.13. The zero-order valence-electron chi connectivity index (χ0n) is 10.1. The standard InChI is InChI=1S/C13H15N3OS/c1-2-5-9-8-12(17)16-13(15-9)18-11-7-4-3-6-10(11)14/h3-4,6-8H,2,5,14H2,1H3,(H,15,16,17). The third-order valence-corrected chi connectivity index (χ3v) is 3.38. The maximum atomic E-state index is 11.5. The number of nitrogens with two attached hydrogens (primary N) is 1. The Kier molecular flexibility index (Phi) is 4.04. The van der Waals surface area contributed by atoms with Gasteiger partial charge in [-0.15, -0.1) is 0 Å². The van der Waals surface area contributed by atoms with E-state index in [1.165, 1.54) is 11.8 Å². The Hall–Kier alpha value is -1.75. The lowest BCUT2D eigenvalue weighted by molar-refractivity contribution is 0.816. The van der Waals surface area contributed by atoms with E-state index in [2.05, 4.69) is 16.9 Å². The van der Waals surface area contributed by atoms with Gasteiger partial charge in [0.2, 0.25) is 0 Å². The van der Waals surface area contributed by atoms with Crippen molar-refractivity contribution in [1.82, 2.24) is 9.97 Å². The summed E-state index contributed by atoms with van der Waals surface area (Å²) in [6.07, 6.45) is 1.77. The van der Waals surface area contributed by atoms with Gasteiger partial charge in [-0.05, 0) is 30.3 Å². The minimum atomic E-state index is -0.120. The maximum absolute atomic E-state index is 11.5. The second-order valence-corrected chi connectivity index (χ2v) is 4.96. The van der Waals surface area contributed by atoms with E-state index in [1.54, 1.807) is 6.07 Å². The first kappa shape index (κ1) is 12.7. The number of hydrogen-bond donors (Lipinski definition) is 2. The van der Waals surface area contributed by atoms with Crippen molar-refractivity contribution in [3.63, 3.8) is 0 Å². The van der Waals surface area contributed by atoms with Gasteiger partial charge in [0.1, 0.15) is 0 Å². The Labute approximate surface area is 110 Å². The van der Waals surface area contributed by atoms with Crippen molar-refractivity contribution in [2.24, 2.45) is 0 Å². The van der Waals surface area contributed by atoms with Gasteiger partial charge in [0.25, 0.3) is 5.56 Å². The van der Waals surface area contributed by atoms with Crippen LogP contribution in [0.15, 0.2) is 45.2 Å². The number of para-hydroxylation sites is 1. The molecule has 0 aliphatic carbocycles. The molecule has 3 N–H and O–H groups in total. The lowest BCUT2D eigenvalue weighted by Gasteiger charge is -2.05. The van der Waals surface area contributed by atoms with Crippen LogP contribution in [-0.4, -0.2) is 9.97 Å². The average Bonchev–Trinajstić information content (AvgIpc) is 2.32. The molecular weight excluding hydrogens is 246 g/mol. The summed E-state index contributed by atoms with van der Waals surface area (Å²) in [5.74, 6) is 0. The molecule has 0 saturated carbocycles. The van der Waals surface area contributed by atoms with E-state index >= 15 is 0 Å². The van der Waals surface area contributed by atoms with Gasteiger partial charge < -0.3 is 10.7 Å². The molecule has 0 aliphatic rings. The van der Waals surface area contributed by atoms with Crippen molar-refractivity contribution in [2.45, 2.75) is 29.8 Å². The maximum Gasteiger partial charge on any atom is 0.251 e. The van der Waals surface area contributed by atoms with Crippen LogP contribution in [0.3, 0.4) is 0 Å². The van der Waals surface area contributed by atoms with Crippen molar-refractivity contribution in [2.75, 3.05) is 5.73 Å². The largest absolute Gasteiger partial charge is 0.398 e. The minimum Gasteiger partial charge on any atom is -0.398 e. The number of aromatic amines is 1. The van der Waals surface area contributed by atoms with Crippen LogP contribution < -0.4 is 11.3 Å². The van der Waals surface area contributed by atoms with Crippen molar-refractivity contribution in [3.05, 3.63) is 46.4 Å². The molecule has 5 heteroatoms. The number of nitrogens with zero attached hydrogens (tertiary/aromatic N) is 1. The number of anilines is 1. The topological polar surface area (TPSA) is 71.8 Å². The molecule has 0 bridgehead atoms. The molecule has 0 radical (unpaired) electrons. The van der Waals surface area contributed by atoms with Gasteiger partial charge in [-0.2, -0.15) is 0 Å². The summed E-state index contributed by atoms with van der Waals surface area (Å²) in [7, 11) is 0. The van der Waals surface area contributed by atoms with E-state index in [4.69, 9.17) is 5.73 Å². The van der Waals surface area contributed by atoms with E-state index < -0.39 is 0 Å². The summed E-state index contributed by atoms with van der Waals surface area (Å²) in [5, 5.41) is 0.587. The highest BCUT2D eigenvalue weighted by Crippen LogP contribution is 2.28. The number of hydrogen-bond acceptors (Lipinski definition) is 4. The van der Waals surface area contributed by atoms with Crippen LogP contribution >= 0.6 is 11.8 Å². The van der Waals surface area contributed by atoms with Crippen LogP contribution in [0.4, 0.5) is 5.69 Å². The normalized spacial score (nSPS) is 10.5. The summed E-state index contributed by atoms with van der Waals surface area (Å²) in [4.78, 5) is 19.6. The van der Waals surface area contributed by atoms with Crippen LogP contribution in [0.5, 0.6) is 0 Å². The molecule has 0 atom stereocenters. The molecule has 2 rings (SSSR count). The quantitative estimate of drug-likeness (QED) is 0.655. The van der Waals surface area contributed by atoms with Gasteiger partial charge in [-0.1, -0.05) is 25.5 Å². The predicted molar refractivity (Wildman–Crippen MR) is 73.8 cm³/mol. The molecule has 18 heavy (non-hydrogen) atoms. The summed E-state index contributed by atoms with van der Waals surface area (Å²) >= 11 is 1.38. The first-order valence-corrected chi connectivity index (χ1v) is 6.63. The lowest BCUT2D eigenvalue weighted by atomic mass is 10.2. The van der Waals surface area contributed by atoms with Crippen molar-refractivity contribution in [3.8, 4) is 0 Å². The fourth-order valence-corrected chi connectivity index (χ4v) is 2.45.